The molecule has 1 saturated carbocycles. The van der Waals surface area contributed by atoms with Crippen LogP contribution in [0.3, 0.4) is 0 Å². The van der Waals surface area contributed by atoms with E-state index in [0.717, 1.165) is 19.3 Å². The van der Waals surface area contributed by atoms with E-state index in [1.165, 1.54) is 0 Å². The molecular formula is C12H18O4. The molecule has 1 aliphatic carbocycles. The van der Waals surface area contributed by atoms with E-state index in [1.807, 2.05) is 0 Å². The summed E-state index contributed by atoms with van der Waals surface area (Å²) in [5.74, 6) is -1.02. The van der Waals surface area contributed by atoms with Gasteiger partial charge in [0.1, 0.15) is 6.10 Å². The molecule has 0 aliphatic heterocycles. The third kappa shape index (κ3) is 4.04. The topological polar surface area (TPSA) is 63.6 Å². The van der Waals surface area contributed by atoms with Crippen LogP contribution in [0, 0.1) is 5.92 Å². The van der Waals surface area contributed by atoms with Gasteiger partial charge in [-0.3, -0.25) is 4.79 Å². The molecular weight excluding hydrogens is 208 g/mol. The van der Waals surface area contributed by atoms with E-state index in [2.05, 4.69) is 6.58 Å². The number of esters is 1. The quantitative estimate of drug-likeness (QED) is 0.589. The molecule has 2 unspecified atom stereocenters. The van der Waals surface area contributed by atoms with E-state index >= 15 is 0 Å². The molecule has 16 heavy (non-hydrogen) atoms. The fourth-order valence-electron chi connectivity index (χ4n) is 2.03. The van der Waals surface area contributed by atoms with E-state index in [9.17, 15) is 9.59 Å². The second-order valence-electron chi connectivity index (χ2n) is 4.44. The Balaban J connectivity index is 2.41. The number of rotatable bonds is 4. The highest BCUT2D eigenvalue weighted by Gasteiger charge is 2.26. The SMILES string of the molecule is C=C(C)C(=O)OC1CCCC(CC(=O)O)C1. The maximum atomic E-state index is 11.3. The number of carbonyl (C=O) groups is 2. The lowest BCUT2D eigenvalue weighted by Gasteiger charge is -2.27. The number of carboxylic acids is 1. The van der Waals surface area contributed by atoms with Crippen LogP contribution in [0.4, 0.5) is 0 Å². The van der Waals surface area contributed by atoms with Crippen LogP contribution in [-0.4, -0.2) is 23.1 Å². The largest absolute Gasteiger partial charge is 0.481 e. The molecule has 0 radical (unpaired) electrons. The van der Waals surface area contributed by atoms with Gasteiger partial charge in [-0.2, -0.15) is 0 Å². The number of ether oxygens (including phenoxy) is 1. The average molecular weight is 226 g/mol. The van der Waals surface area contributed by atoms with Crippen molar-refractivity contribution in [2.75, 3.05) is 0 Å². The molecule has 0 aromatic rings. The van der Waals surface area contributed by atoms with Crippen molar-refractivity contribution in [2.45, 2.75) is 45.1 Å². The van der Waals surface area contributed by atoms with Crippen molar-refractivity contribution in [3.05, 3.63) is 12.2 Å². The van der Waals surface area contributed by atoms with Crippen molar-refractivity contribution in [1.29, 1.82) is 0 Å². The molecule has 0 aromatic carbocycles. The van der Waals surface area contributed by atoms with E-state index in [0.29, 0.717) is 12.0 Å². The van der Waals surface area contributed by atoms with Gasteiger partial charge in [0, 0.05) is 12.0 Å². The molecule has 0 spiro atoms. The van der Waals surface area contributed by atoms with Crippen molar-refractivity contribution in [2.24, 2.45) is 5.92 Å². The van der Waals surface area contributed by atoms with Gasteiger partial charge in [0.15, 0.2) is 0 Å². The molecule has 1 fully saturated rings. The van der Waals surface area contributed by atoms with Gasteiger partial charge in [-0.05, 0) is 38.5 Å². The summed E-state index contributed by atoms with van der Waals surface area (Å²) in [6.45, 7) is 5.13. The molecule has 1 rings (SSSR count). The lowest BCUT2D eigenvalue weighted by atomic mass is 9.85. The van der Waals surface area contributed by atoms with Crippen LogP contribution >= 0.6 is 0 Å². The Kier molecular flexibility index (Phi) is 4.52. The molecule has 4 nitrogen and oxygen atoms in total. The van der Waals surface area contributed by atoms with Crippen LogP contribution in [0.5, 0.6) is 0 Å². The first-order chi connectivity index (χ1) is 7.49. The van der Waals surface area contributed by atoms with Crippen LogP contribution in [-0.2, 0) is 14.3 Å². The van der Waals surface area contributed by atoms with Gasteiger partial charge in [-0.15, -0.1) is 0 Å². The van der Waals surface area contributed by atoms with Crippen LogP contribution in [0.15, 0.2) is 12.2 Å². The minimum atomic E-state index is -0.781. The number of carbonyl (C=O) groups excluding carboxylic acids is 1. The minimum absolute atomic E-state index is 0.133. The first-order valence-corrected chi connectivity index (χ1v) is 5.57. The zero-order chi connectivity index (χ0) is 12.1. The highest BCUT2D eigenvalue weighted by molar-refractivity contribution is 5.87. The van der Waals surface area contributed by atoms with Crippen LogP contribution in [0.2, 0.25) is 0 Å². The molecule has 90 valence electrons. The number of hydrogen-bond acceptors (Lipinski definition) is 3. The first kappa shape index (κ1) is 12.7. The fraction of sp³-hybridized carbons (Fsp3) is 0.667. The Morgan fingerprint density at radius 2 is 2.12 bits per heavy atom. The summed E-state index contributed by atoms with van der Waals surface area (Å²) in [5.41, 5.74) is 0.389. The zero-order valence-corrected chi connectivity index (χ0v) is 9.57. The molecule has 0 aromatic heterocycles. The van der Waals surface area contributed by atoms with Gasteiger partial charge >= 0.3 is 11.9 Å². The second kappa shape index (κ2) is 5.68. The summed E-state index contributed by atoms with van der Waals surface area (Å²) in [7, 11) is 0. The van der Waals surface area contributed by atoms with Gasteiger partial charge in [0.05, 0.1) is 0 Å². The summed E-state index contributed by atoms with van der Waals surface area (Å²) in [6.07, 6.45) is 3.35. The van der Waals surface area contributed by atoms with Gasteiger partial charge in [-0.1, -0.05) is 6.58 Å². The summed E-state index contributed by atoms with van der Waals surface area (Å²) in [4.78, 5) is 21.9. The maximum Gasteiger partial charge on any atom is 0.333 e. The standard InChI is InChI=1S/C12H18O4/c1-8(2)12(15)16-10-5-3-4-9(6-10)7-11(13)14/h9-10H,1,3-7H2,2H3,(H,13,14). The predicted molar refractivity (Wildman–Crippen MR) is 58.9 cm³/mol. The number of hydrogen-bond donors (Lipinski definition) is 1. The summed E-state index contributed by atoms with van der Waals surface area (Å²) >= 11 is 0. The van der Waals surface area contributed by atoms with Crippen LogP contribution < -0.4 is 0 Å². The Labute approximate surface area is 95.3 Å². The normalized spacial score (nSPS) is 24.8. The highest BCUT2D eigenvalue weighted by Crippen LogP contribution is 2.29. The van der Waals surface area contributed by atoms with Gasteiger partial charge in [-0.25, -0.2) is 4.79 Å². The molecule has 1 N–H and O–H groups in total. The third-order valence-electron chi connectivity index (χ3n) is 2.82. The lowest BCUT2D eigenvalue weighted by Crippen LogP contribution is -2.27. The molecule has 0 amide bonds. The number of aliphatic carboxylic acids is 1. The minimum Gasteiger partial charge on any atom is -0.481 e. The van der Waals surface area contributed by atoms with Crippen LogP contribution in [0.1, 0.15) is 39.0 Å². The van der Waals surface area contributed by atoms with Crippen LogP contribution in [0.25, 0.3) is 0 Å². The van der Waals surface area contributed by atoms with Gasteiger partial charge < -0.3 is 9.84 Å². The smallest absolute Gasteiger partial charge is 0.333 e. The fourth-order valence-corrected chi connectivity index (χ4v) is 2.03. The van der Waals surface area contributed by atoms with E-state index in [-0.39, 0.29) is 24.4 Å². The maximum absolute atomic E-state index is 11.3. The lowest BCUT2D eigenvalue weighted by molar-refractivity contribution is -0.146. The van der Waals surface area contributed by atoms with E-state index in [1.54, 1.807) is 6.92 Å². The van der Waals surface area contributed by atoms with Crippen molar-refractivity contribution < 1.29 is 19.4 Å². The molecule has 2 atom stereocenters. The Bertz CT molecular complexity index is 295. The second-order valence-corrected chi connectivity index (χ2v) is 4.44. The van der Waals surface area contributed by atoms with Crippen molar-refractivity contribution in [3.8, 4) is 0 Å². The Morgan fingerprint density at radius 1 is 1.44 bits per heavy atom. The predicted octanol–water partition coefficient (Wildman–Crippen LogP) is 2.14. The molecule has 0 saturated heterocycles. The Hall–Kier alpha value is -1.32. The van der Waals surface area contributed by atoms with Gasteiger partial charge in [0.25, 0.3) is 0 Å². The summed E-state index contributed by atoms with van der Waals surface area (Å²) < 4.78 is 5.23. The average Bonchev–Trinajstić information content (AvgIpc) is 2.16. The zero-order valence-electron chi connectivity index (χ0n) is 9.57. The first-order valence-electron chi connectivity index (χ1n) is 5.57. The molecule has 1 aliphatic rings. The van der Waals surface area contributed by atoms with Gasteiger partial charge in [0.2, 0.25) is 0 Å². The van der Waals surface area contributed by atoms with E-state index < -0.39 is 5.97 Å². The number of carboxylic acid groups (broad SMARTS) is 1. The van der Waals surface area contributed by atoms with E-state index in [4.69, 9.17) is 9.84 Å². The van der Waals surface area contributed by atoms with Crippen molar-refractivity contribution in [1.82, 2.24) is 0 Å². The molecule has 0 heterocycles. The monoisotopic (exact) mass is 226 g/mol. The van der Waals surface area contributed by atoms with Crippen molar-refractivity contribution >= 4 is 11.9 Å². The summed E-state index contributed by atoms with van der Waals surface area (Å²) in [5, 5.41) is 8.70. The summed E-state index contributed by atoms with van der Waals surface area (Å²) in [6, 6.07) is 0. The van der Waals surface area contributed by atoms with Crippen molar-refractivity contribution in [3.63, 3.8) is 0 Å². The highest BCUT2D eigenvalue weighted by atomic mass is 16.5. The molecule has 0 bridgehead atoms. The Morgan fingerprint density at radius 3 is 2.69 bits per heavy atom. The molecule has 4 heteroatoms. The third-order valence-corrected chi connectivity index (χ3v) is 2.82.